The first-order valence-electron chi connectivity index (χ1n) is 10.0. The lowest BCUT2D eigenvalue weighted by Gasteiger charge is -2.13. The molecule has 0 atom stereocenters. The Morgan fingerprint density at radius 1 is 1.13 bits per heavy atom. The number of nitrogens with one attached hydrogen (secondary N) is 2. The fraction of sp³-hybridized carbons (Fsp3) is 0.217. The normalized spacial score (nSPS) is 12.7. The molecule has 1 aromatic carbocycles. The largest absolute Gasteiger partial charge is 0.474 e. The molecule has 0 radical (unpaired) electrons. The molecule has 0 saturated heterocycles. The highest BCUT2D eigenvalue weighted by Gasteiger charge is 2.18. The van der Waals surface area contributed by atoms with Crippen LogP contribution in [0.4, 0.5) is 10.2 Å². The number of nitrogens with zero attached hydrogens (tertiary/aromatic N) is 3. The van der Waals surface area contributed by atoms with Crippen LogP contribution in [0.1, 0.15) is 27.2 Å². The number of carbonyl (C=O) groups is 1. The summed E-state index contributed by atoms with van der Waals surface area (Å²) in [6.45, 7) is 1.95. The summed E-state index contributed by atoms with van der Waals surface area (Å²) in [5.74, 6) is 0.362. The number of carbonyl (C=O) groups excluding carboxylic acids is 1. The lowest BCUT2D eigenvalue weighted by Crippen LogP contribution is -2.25. The zero-order valence-electron chi connectivity index (χ0n) is 16.8. The number of rotatable bonds is 8. The average molecular weight is 419 g/mol. The van der Waals surface area contributed by atoms with Crippen molar-refractivity contribution in [1.82, 2.24) is 15.3 Å². The van der Waals surface area contributed by atoms with Crippen molar-refractivity contribution in [2.45, 2.75) is 13.0 Å². The van der Waals surface area contributed by atoms with Gasteiger partial charge >= 0.3 is 0 Å². The van der Waals surface area contributed by atoms with Gasteiger partial charge < -0.3 is 15.4 Å². The van der Waals surface area contributed by atoms with Crippen molar-refractivity contribution in [2.24, 2.45) is 4.99 Å². The first-order valence-corrected chi connectivity index (χ1v) is 10.0. The van der Waals surface area contributed by atoms with Crippen molar-refractivity contribution in [1.29, 1.82) is 0 Å². The summed E-state index contributed by atoms with van der Waals surface area (Å²) < 4.78 is 18.9. The molecule has 0 saturated carbocycles. The molecular formula is C23H22FN5O2. The summed E-state index contributed by atoms with van der Waals surface area (Å²) in [7, 11) is 0. The molecular weight excluding hydrogens is 397 g/mol. The van der Waals surface area contributed by atoms with Gasteiger partial charge in [0.15, 0.2) is 0 Å². The average Bonchev–Trinajstić information content (AvgIpc) is 3.33. The molecule has 7 nitrogen and oxygen atoms in total. The third-order valence-corrected chi connectivity index (χ3v) is 4.72. The van der Waals surface area contributed by atoms with E-state index in [1.165, 1.54) is 12.1 Å². The predicted octanol–water partition coefficient (Wildman–Crippen LogP) is 2.98. The summed E-state index contributed by atoms with van der Waals surface area (Å²) in [5, 5.41) is 6.10. The minimum Gasteiger partial charge on any atom is -0.474 e. The third kappa shape index (κ3) is 5.42. The van der Waals surface area contributed by atoms with Gasteiger partial charge in [-0.2, -0.15) is 0 Å². The van der Waals surface area contributed by atoms with Crippen LogP contribution in [0.2, 0.25) is 0 Å². The van der Waals surface area contributed by atoms with E-state index >= 15 is 0 Å². The Balaban J connectivity index is 1.49. The number of amides is 1. The molecule has 0 spiro atoms. The van der Waals surface area contributed by atoms with Crippen LogP contribution in [0.25, 0.3) is 0 Å². The highest BCUT2D eigenvalue weighted by atomic mass is 19.1. The lowest BCUT2D eigenvalue weighted by atomic mass is 10.1. The van der Waals surface area contributed by atoms with Crippen LogP contribution in [0.5, 0.6) is 0 Å². The van der Waals surface area contributed by atoms with Crippen LogP contribution >= 0.6 is 0 Å². The number of aliphatic imine (C=N–C) groups is 1. The maximum absolute atomic E-state index is 13.4. The Hall–Kier alpha value is -3.81. The van der Waals surface area contributed by atoms with E-state index in [0.29, 0.717) is 55.6 Å². The minimum absolute atomic E-state index is 0.259. The number of ether oxygens (including phenoxy) is 1. The number of aromatic nitrogens is 2. The summed E-state index contributed by atoms with van der Waals surface area (Å²) in [6, 6.07) is 13.6. The molecule has 8 heteroatoms. The van der Waals surface area contributed by atoms with Gasteiger partial charge in [-0.3, -0.25) is 9.78 Å². The Bertz CT molecular complexity index is 1090. The Morgan fingerprint density at radius 3 is 2.81 bits per heavy atom. The molecule has 0 bridgehead atoms. The van der Waals surface area contributed by atoms with E-state index in [-0.39, 0.29) is 11.7 Å². The van der Waals surface area contributed by atoms with E-state index in [1.54, 1.807) is 30.6 Å². The SMILES string of the molecule is O=C(NCc1cccnc1)c1ccc(C2=NCCO2)nc1NCCc1cccc(F)c1. The van der Waals surface area contributed by atoms with Crippen molar-refractivity contribution in [3.63, 3.8) is 0 Å². The zero-order valence-corrected chi connectivity index (χ0v) is 16.8. The Kier molecular flexibility index (Phi) is 6.47. The lowest BCUT2D eigenvalue weighted by molar-refractivity contribution is 0.0951. The van der Waals surface area contributed by atoms with Gasteiger partial charge in [-0.05, 0) is 47.9 Å². The topological polar surface area (TPSA) is 88.5 Å². The number of hydrogen-bond donors (Lipinski definition) is 2. The highest BCUT2D eigenvalue weighted by Crippen LogP contribution is 2.17. The Morgan fingerprint density at radius 2 is 2.03 bits per heavy atom. The van der Waals surface area contributed by atoms with E-state index in [9.17, 15) is 9.18 Å². The summed E-state index contributed by atoms with van der Waals surface area (Å²) in [6.07, 6.45) is 3.97. The van der Waals surface area contributed by atoms with E-state index in [1.807, 2.05) is 18.2 Å². The molecule has 1 aliphatic heterocycles. The van der Waals surface area contributed by atoms with Gasteiger partial charge in [0.1, 0.15) is 23.9 Å². The van der Waals surface area contributed by atoms with Crippen LogP contribution in [-0.4, -0.2) is 41.5 Å². The van der Waals surface area contributed by atoms with Gasteiger partial charge in [0.25, 0.3) is 5.91 Å². The van der Waals surface area contributed by atoms with Crippen molar-refractivity contribution in [2.75, 3.05) is 25.0 Å². The molecule has 2 aromatic heterocycles. The number of pyridine rings is 2. The van der Waals surface area contributed by atoms with E-state index in [4.69, 9.17) is 4.74 Å². The third-order valence-electron chi connectivity index (χ3n) is 4.72. The minimum atomic E-state index is -0.274. The number of halogens is 1. The molecule has 4 rings (SSSR count). The van der Waals surface area contributed by atoms with Crippen LogP contribution in [0.3, 0.4) is 0 Å². The molecule has 31 heavy (non-hydrogen) atoms. The fourth-order valence-electron chi connectivity index (χ4n) is 3.18. The van der Waals surface area contributed by atoms with Crippen LogP contribution < -0.4 is 10.6 Å². The molecule has 1 aliphatic rings. The first-order chi connectivity index (χ1) is 15.2. The van der Waals surface area contributed by atoms with E-state index in [0.717, 1.165) is 11.1 Å². The second-order valence-corrected chi connectivity index (χ2v) is 6.98. The second kappa shape index (κ2) is 9.80. The molecule has 3 aromatic rings. The number of anilines is 1. The maximum atomic E-state index is 13.4. The number of hydrogen-bond acceptors (Lipinski definition) is 6. The smallest absolute Gasteiger partial charge is 0.255 e. The van der Waals surface area contributed by atoms with Gasteiger partial charge in [-0.15, -0.1) is 0 Å². The van der Waals surface area contributed by atoms with Gasteiger partial charge in [-0.25, -0.2) is 14.4 Å². The van der Waals surface area contributed by atoms with Crippen LogP contribution in [0.15, 0.2) is 65.9 Å². The van der Waals surface area contributed by atoms with E-state index in [2.05, 4.69) is 25.6 Å². The quantitative estimate of drug-likeness (QED) is 0.586. The first kappa shape index (κ1) is 20.5. The number of benzene rings is 1. The molecule has 0 fully saturated rings. The molecule has 158 valence electrons. The van der Waals surface area contributed by atoms with Crippen LogP contribution in [0, 0.1) is 5.82 Å². The van der Waals surface area contributed by atoms with Gasteiger partial charge in [-0.1, -0.05) is 18.2 Å². The van der Waals surface area contributed by atoms with Gasteiger partial charge in [0.2, 0.25) is 5.90 Å². The van der Waals surface area contributed by atoms with Crippen molar-refractivity contribution < 1.29 is 13.9 Å². The Labute approximate surface area is 179 Å². The summed E-state index contributed by atoms with van der Waals surface area (Å²) in [4.78, 5) is 25.7. The zero-order chi connectivity index (χ0) is 21.5. The monoisotopic (exact) mass is 419 g/mol. The molecule has 3 heterocycles. The van der Waals surface area contributed by atoms with E-state index < -0.39 is 0 Å². The molecule has 1 amide bonds. The summed E-state index contributed by atoms with van der Waals surface area (Å²) >= 11 is 0. The maximum Gasteiger partial charge on any atom is 0.255 e. The van der Waals surface area contributed by atoms with Crippen molar-refractivity contribution in [3.05, 3.63) is 89.1 Å². The molecule has 0 unspecified atom stereocenters. The van der Waals surface area contributed by atoms with Crippen molar-refractivity contribution in [3.8, 4) is 0 Å². The fourth-order valence-corrected chi connectivity index (χ4v) is 3.18. The summed E-state index contributed by atoms with van der Waals surface area (Å²) in [5.41, 5.74) is 2.73. The molecule has 0 aliphatic carbocycles. The standard InChI is InChI=1S/C23H22FN5O2/c24-18-5-1-3-16(13-18)8-10-26-21-19(6-7-20(29-21)23-27-11-12-31-23)22(30)28-15-17-4-2-9-25-14-17/h1-7,9,13-14H,8,10-12,15H2,(H,26,29)(H,28,30). The van der Waals surface area contributed by atoms with Gasteiger partial charge in [0, 0.05) is 25.5 Å². The molecule has 2 N–H and O–H groups in total. The highest BCUT2D eigenvalue weighted by molar-refractivity contribution is 6.00. The predicted molar refractivity (Wildman–Crippen MR) is 116 cm³/mol. The van der Waals surface area contributed by atoms with Crippen LogP contribution in [-0.2, 0) is 17.7 Å². The second-order valence-electron chi connectivity index (χ2n) is 6.98. The van der Waals surface area contributed by atoms with Gasteiger partial charge in [0.05, 0.1) is 12.1 Å². The van der Waals surface area contributed by atoms with Crippen molar-refractivity contribution >= 4 is 17.6 Å².